The Morgan fingerprint density at radius 3 is 3.00 bits per heavy atom. The highest BCUT2D eigenvalue weighted by molar-refractivity contribution is 5.00. The first kappa shape index (κ1) is 12.1. The quantitative estimate of drug-likeness (QED) is 0.763. The molecule has 1 rings (SSSR count). The predicted molar refractivity (Wildman–Crippen MR) is 59.5 cm³/mol. The molecule has 0 aliphatic heterocycles. The second-order valence-electron chi connectivity index (χ2n) is 3.79. The summed E-state index contributed by atoms with van der Waals surface area (Å²) < 4.78 is 5.06. The van der Waals surface area contributed by atoms with Crippen molar-refractivity contribution in [2.75, 3.05) is 20.3 Å². The van der Waals surface area contributed by atoms with Crippen LogP contribution in [0.3, 0.4) is 0 Å². The summed E-state index contributed by atoms with van der Waals surface area (Å²) in [4.78, 5) is 8.36. The molecule has 0 fully saturated rings. The Balaban J connectivity index is 2.25. The zero-order valence-corrected chi connectivity index (χ0v) is 9.66. The number of methoxy groups -OCH3 is 1. The van der Waals surface area contributed by atoms with Gasteiger partial charge in [0.15, 0.2) is 0 Å². The van der Waals surface area contributed by atoms with Gasteiger partial charge in [0.25, 0.3) is 0 Å². The van der Waals surface area contributed by atoms with E-state index in [2.05, 4.69) is 22.2 Å². The number of aryl methyl sites for hydroxylation is 1. The number of nitrogens with one attached hydrogen (secondary N) is 1. The van der Waals surface area contributed by atoms with E-state index >= 15 is 0 Å². The first-order valence-electron chi connectivity index (χ1n) is 5.20. The molecule has 1 atom stereocenters. The van der Waals surface area contributed by atoms with Crippen molar-refractivity contribution >= 4 is 0 Å². The molecule has 1 aromatic rings. The second kappa shape index (κ2) is 6.48. The van der Waals surface area contributed by atoms with Gasteiger partial charge in [-0.25, -0.2) is 9.97 Å². The van der Waals surface area contributed by atoms with Gasteiger partial charge in [0, 0.05) is 33.0 Å². The Morgan fingerprint density at radius 1 is 1.53 bits per heavy atom. The lowest BCUT2D eigenvalue weighted by molar-refractivity contribution is 0.158. The summed E-state index contributed by atoms with van der Waals surface area (Å²) in [6.07, 6.45) is 1.79. The van der Waals surface area contributed by atoms with Crippen LogP contribution in [0.2, 0.25) is 0 Å². The van der Waals surface area contributed by atoms with Crippen molar-refractivity contribution in [3.8, 4) is 0 Å². The van der Waals surface area contributed by atoms with E-state index in [1.165, 1.54) is 0 Å². The Morgan fingerprint density at radius 2 is 2.33 bits per heavy atom. The average molecular weight is 209 g/mol. The second-order valence-corrected chi connectivity index (χ2v) is 3.79. The van der Waals surface area contributed by atoms with Gasteiger partial charge in [-0.2, -0.15) is 0 Å². The molecule has 1 N–H and O–H groups in total. The number of aromatic nitrogens is 2. The zero-order valence-electron chi connectivity index (χ0n) is 9.66. The molecular formula is C11H19N3O. The minimum Gasteiger partial charge on any atom is -0.384 e. The van der Waals surface area contributed by atoms with Crippen molar-refractivity contribution in [1.29, 1.82) is 0 Å². The predicted octanol–water partition coefficient (Wildman–Crippen LogP) is 1.16. The van der Waals surface area contributed by atoms with Crippen LogP contribution >= 0.6 is 0 Å². The summed E-state index contributed by atoms with van der Waals surface area (Å²) >= 11 is 0. The molecule has 0 aromatic carbocycles. The molecule has 15 heavy (non-hydrogen) atoms. The Kier molecular flexibility index (Phi) is 5.21. The maximum absolute atomic E-state index is 5.06. The highest BCUT2D eigenvalue weighted by Gasteiger charge is 2.01. The first-order chi connectivity index (χ1) is 7.22. The molecule has 0 amide bonds. The van der Waals surface area contributed by atoms with E-state index in [-0.39, 0.29) is 0 Å². The normalized spacial score (nSPS) is 12.7. The van der Waals surface area contributed by atoms with E-state index in [0.29, 0.717) is 5.92 Å². The Bertz CT molecular complexity index is 291. The molecule has 4 heteroatoms. The Labute approximate surface area is 91.1 Å². The minimum atomic E-state index is 0.526. The number of hydrogen-bond donors (Lipinski definition) is 1. The number of hydrogen-bond acceptors (Lipinski definition) is 4. The fourth-order valence-electron chi connectivity index (χ4n) is 1.39. The van der Waals surface area contributed by atoms with E-state index in [0.717, 1.165) is 31.2 Å². The third-order valence-electron chi connectivity index (χ3n) is 2.08. The average Bonchev–Trinajstić information content (AvgIpc) is 2.18. The molecule has 0 bridgehead atoms. The van der Waals surface area contributed by atoms with E-state index in [1.807, 2.05) is 13.0 Å². The van der Waals surface area contributed by atoms with Crippen LogP contribution in [0.4, 0.5) is 0 Å². The zero-order chi connectivity index (χ0) is 11.1. The largest absolute Gasteiger partial charge is 0.384 e. The van der Waals surface area contributed by atoms with Gasteiger partial charge in [0.05, 0.1) is 5.69 Å². The number of rotatable bonds is 6. The van der Waals surface area contributed by atoms with Crippen LogP contribution in [0.25, 0.3) is 0 Å². The van der Waals surface area contributed by atoms with Crippen molar-refractivity contribution in [1.82, 2.24) is 15.3 Å². The molecule has 0 saturated carbocycles. The summed E-state index contributed by atoms with van der Waals surface area (Å²) in [5, 5.41) is 3.34. The van der Waals surface area contributed by atoms with Gasteiger partial charge in [0.1, 0.15) is 5.82 Å². The monoisotopic (exact) mass is 209 g/mol. The van der Waals surface area contributed by atoms with E-state index in [4.69, 9.17) is 4.74 Å². The number of ether oxygens (including phenoxy) is 1. The number of nitrogens with zero attached hydrogens (tertiary/aromatic N) is 2. The van der Waals surface area contributed by atoms with Crippen LogP contribution in [-0.2, 0) is 11.3 Å². The highest BCUT2D eigenvalue weighted by atomic mass is 16.5. The molecule has 84 valence electrons. The maximum atomic E-state index is 5.06. The van der Waals surface area contributed by atoms with E-state index < -0.39 is 0 Å². The first-order valence-corrected chi connectivity index (χ1v) is 5.20. The summed E-state index contributed by atoms with van der Waals surface area (Å²) in [7, 11) is 1.73. The molecular weight excluding hydrogens is 190 g/mol. The fourth-order valence-corrected chi connectivity index (χ4v) is 1.39. The van der Waals surface area contributed by atoms with E-state index in [9.17, 15) is 0 Å². The van der Waals surface area contributed by atoms with Crippen molar-refractivity contribution in [3.63, 3.8) is 0 Å². The van der Waals surface area contributed by atoms with Gasteiger partial charge >= 0.3 is 0 Å². The SMILES string of the molecule is COCC(C)CNCc1ccnc(C)n1. The summed E-state index contributed by atoms with van der Waals surface area (Å²) in [6, 6.07) is 1.93. The molecule has 1 heterocycles. The third-order valence-corrected chi connectivity index (χ3v) is 2.08. The molecule has 0 spiro atoms. The lowest BCUT2D eigenvalue weighted by atomic mass is 10.2. The van der Waals surface area contributed by atoms with Crippen LogP contribution in [0.1, 0.15) is 18.4 Å². The summed E-state index contributed by atoms with van der Waals surface area (Å²) in [5.41, 5.74) is 1.03. The summed E-state index contributed by atoms with van der Waals surface area (Å²) in [5.74, 6) is 1.34. The third kappa shape index (κ3) is 4.85. The summed E-state index contributed by atoms with van der Waals surface area (Å²) in [6.45, 7) is 6.57. The smallest absolute Gasteiger partial charge is 0.125 e. The van der Waals surface area contributed by atoms with Gasteiger partial charge in [0.2, 0.25) is 0 Å². The lowest BCUT2D eigenvalue weighted by Crippen LogP contribution is -2.23. The van der Waals surface area contributed by atoms with E-state index in [1.54, 1.807) is 13.3 Å². The van der Waals surface area contributed by atoms with Gasteiger partial charge < -0.3 is 10.1 Å². The Hall–Kier alpha value is -1.00. The molecule has 0 aliphatic carbocycles. The molecule has 1 aromatic heterocycles. The molecule has 0 saturated heterocycles. The topological polar surface area (TPSA) is 47.0 Å². The van der Waals surface area contributed by atoms with Gasteiger partial charge in [-0.05, 0) is 18.9 Å². The fraction of sp³-hybridized carbons (Fsp3) is 0.636. The lowest BCUT2D eigenvalue weighted by Gasteiger charge is -2.10. The van der Waals surface area contributed by atoms with Gasteiger partial charge in [-0.15, -0.1) is 0 Å². The van der Waals surface area contributed by atoms with Crippen LogP contribution in [-0.4, -0.2) is 30.2 Å². The minimum absolute atomic E-state index is 0.526. The van der Waals surface area contributed by atoms with Crippen molar-refractivity contribution in [2.45, 2.75) is 20.4 Å². The van der Waals surface area contributed by atoms with Gasteiger partial charge in [-0.3, -0.25) is 0 Å². The van der Waals surface area contributed by atoms with Crippen LogP contribution in [0.5, 0.6) is 0 Å². The van der Waals surface area contributed by atoms with Crippen LogP contribution < -0.4 is 5.32 Å². The van der Waals surface area contributed by atoms with Crippen LogP contribution in [0, 0.1) is 12.8 Å². The standard InChI is InChI=1S/C11H19N3O/c1-9(8-15-3)6-12-7-11-4-5-13-10(2)14-11/h4-5,9,12H,6-8H2,1-3H3. The maximum Gasteiger partial charge on any atom is 0.125 e. The molecule has 4 nitrogen and oxygen atoms in total. The molecule has 0 radical (unpaired) electrons. The van der Waals surface area contributed by atoms with Crippen molar-refractivity contribution in [3.05, 3.63) is 23.8 Å². The molecule has 1 unspecified atom stereocenters. The van der Waals surface area contributed by atoms with Crippen molar-refractivity contribution < 1.29 is 4.74 Å². The van der Waals surface area contributed by atoms with Crippen LogP contribution in [0.15, 0.2) is 12.3 Å². The van der Waals surface area contributed by atoms with Gasteiger partial charge in [-0.1, -0.05) is 6.92 Å². The van der Waals surface area contributed by atoms with Crippen molar-refractivity contribution in [2.24, 2.45) is 5.92 Å². The molecule has 0 aliphatic rings. The highest BCUT2D eigenvalue weighted by Crippen LogP contribution is 1.96.